The molecule has 0 amide bonds. The summed E-state index contributed by atoms with van der Waals surface area (Å²) < 4.78 is 0. The Morgan fingerprint density at radius 3 is 2.34 bits per heavy atom. The van der Waals surface area contributed by atoms with Crippen LogP contribution in [0.3, 0.4) is 0 Å². The van der Waals surface area contributed by atoms with Crippen molar-refractivity contribution in [2.24, 2.45) is 58.0 Å². The van der Waals surface area contributed by atoms with Gasteiger partial charge in [0.15, 0.2) is 0 Å². The Morgan fingerprint density at radius 2 is 1.62 bits per heavy atom. The first-order chi connectivity index (χ1) is 13.7. The SMILES string of the molecule is CC(C)[C@@H](C)/C=C/[C@@H](C)[C@H]1CC[C@H]2C3=CC[C@H]4C[C@H](N)CC[C@]4(C)[C@H]3CC[C@]12C. The van der Waals surface area contributed by atoms with Gasteiger partial charge >= 0.3 is 0 Å². The van der Waals surface area contributed by atoms with Crippen LogP contribution < -0.4 is 5.73 Å². The minimum absolute atomic E-state index is 0.452. The van der Waals surface area contributed by atoms with Crippen molar-refractivity contribution in [2.45, 2.75) is 99.0 Å². The van der Waals surface area contributed by atoms with Crippen molar-refractivity contribution in [3.8, 4) is 0 Å². The maximum Gasteiger partial charge on any atom is 0.00419 e. The highest BCUT2D eigenvalue weighted by atomic mass is 14.7. The average Bonchev–Trinajstić information content (AvgIpc) is 3.03. The minimum atomic E-state index is 0.452. The van der Waals surface area contributed by atoms with Crippen molar-refractivity contribution in [2.75, 3.05) is 0 Å². The van der Waals surface area contributed by atoms with Crippen LogP contribution in [0.5, 0.6) is 0 Å². The smallest absolute Gasteiger partial charge is 0.00419 e. The van der Waals surface area contributed by atoms with Crippen LogP contribution in [-0.2, 0) is 0 Å². The summed E-state index contributed by atoms with van der Waals surface area (Å²) in [5, 5.41) is 0. The lowest BCUT2D eigenvalue weighted by atomic mass is 9.47. The van der Waals surface area contributed by atoms with Gasteiger partial charge in [-0.25, -0.2) is 0 Å². The monoisotopic (exact) mass is 397 g/mol. The molecule has 29 heavy (non-hydrogen) atoms. The summed E-state index contributed by atoms with van der Waals surface area (Å²) >= 11 is 0. The van der Waals surface area contributed by atoms with Gasteiger partial charge in [0.2, 0.25) is 0 Å². The lowest BCUT2D eigenvalue weighted by molar-refractivity contribution is -0.00903. The zero-order valence-electron chi connectivity index (χ0n) is 20.1. The normalized spacial score (nSPS) is 46.8. The van der Waals surface area contributed by atoms with Gasteiger partial charge in [0.25, 0.3) is 0 Å². The maximum absolute atomic E-state index is 6.37. The van der Waals surface area contributed by atoms with Crippen LogP contribution in [0.15, 0.2) is 23.8 Å². The molecule has 4 rings (SSSR count). The van der Waals surface area contributed by atoms with E-state index in [1.165, 1.54) is 51.4 Å². The molecule has 3 saturated carbocycles. The first-order valence-electron chi connectivity index (χ1n) is 12.8. The topological polar surface area (TPSA) is 26.0 Å². The largest absolute Gasteiger partial charge is 0.328 e. The molecule has 0 aromatic heterocycles. The molecule has 0 saturated heterocycles. The molecule has 0 aromatic rings. The van der Waals surface area contributed by atoms with Crippen LogP contribution in [-0.4, -0.2) is 6.04 Å². The van der Waals surface area contributed by atoms with E-state index in [1.807, 2.05) is 5.57 Å². The number of hydrogen-bond acceptors (Lipinski definition) is 1. The van der Waals surface area contributed by atoms with Crippen LogP contribution in [0, 0.1) is 52.3 Å². The summed E-state index contributed by atoms with van der Waals surface area (Å²) in [6, 6.07) is 0.452. The molecule has 1 heteroatoms. The van der Waals surface area contributed by atoms with Gasteiger partial charge in [-0.05, 0) is 104 Å². The van der Waals surface area contributed by atoms with Crippen molar-refractivity contribution in [1.82, 2.24) is 0 Å². The molecule has 0 aliphatic heterocycles. The highest BCUT2D eigenvalue weighted by Gasteiger charge is 2.57. The summed E-state index contributed by atoms with van der Waals surface area (Å²) in [6.45, 7) is 14.9. The summed E-state index contributed by atoms with van der Waals surface area (Å²) in [5.41, 5.74) is 9.30. The van der Waals surface area contributed by atoms with E-state index in [4.69, 9.17) is 5.73 Å². The molecule has 0 spiro atoms. The second-order valence-corrected chi connectivity index (χ2v) is 12.4. The predicted octanol–water partition coefficient (Wildman–Crippen LogP) is 7.38. The van der Waals surface area contributed by atoms with Crippen LogP contribution in [0.25, 0.3) is 0 Å². The number of allylic oxidation sites excluding steroid dienone is 4. The lowest BCUT2D eigenvalue weighted by Gasteiger charge is -2.58. The first kappa shape index (κ1) is 21.7. The van der Waals surface area contributed by atoms with Crippen molar-refractivity contribution >= 4 is 0 Å². The second kappa shape index (κ2) is 7.85. The van der Waals surface area contributed by atoms with E-state index in [9.17, 15) is 0 Å². The Morgan fingerprint density at radius 1 is 0.931 bits per heavy atom. The molecule has 2 N–H and O–H groups in total. The predicted molar refractivity (Wildman–Crippen MR) is 125 cm³/mol. The number of hydrogen-bond donors (Lipinski definition) is 1. The van der Waals surface area contributed by atoms with Crippen LogP contribution in [0.1, 0.15) is 92.9 Å². The molecule has 0 radical (unpaired) electrons. The zero-order valence-corrected chi connectivity index (χ0v) is 20.1. The lowest BCUT2D eigenvalue weighted by Crippen LogP contribution is -2.50. The van der Waals surface area contributed by atoms with Gasteiger partial charge in [-0.2, -0.15) is 0 Å². The van der Waals surface area contributed by atoms with Gasteiger partial charge in [0.1, 0.15) is 0 Å². The quantitative estimate of drug-likeness (QED) is 0.492. The Balaban J connectivity index is 1.54. The summed E-state index contributed by atoms with van der Waals surface area (Å²) in [4.78, 5) is 0. The highest BCUT2D eigenvalue weighted by molar-refractivity contribution is 5.28. The van der Waals surface area contributed by atoms with E-state index >= 15 is 0 Å². The summed E-state index contributed by atoms with van der Waals surface area (Å²) in [5.74, 6) is 5.52. The Hall–Kier alpha value is -0.560. The fourth-order valence-electron chi connectivity index (χ4n) is 8.16. The fraction of sp³-hybridized carbons (Fsp3) is 0.857. The van der Waals surface area contributed by atoms with Crippen molar-refractivity contribution in [3.63, 3.8) is 0 Å². The van der Waals surface area contributed by atoms with Gasteiger partial charge in [-0.1, -0.05) is 65.3 Å². The van der Waals surface area contributed by atoms with Gasteiger partial charge in [0, 0.05) is 6.04 Å². The summed E-state index contributed by atoms with van der Waals surface area (Å²) in [6.07, 6.45) is 18.7. The minimum Gasteiger partial charge on any atom is -0.328 e. The third-order valence-corrected chi connectivity index (χ3v) is 10.6. The van der Waals surface area contributed by atoms with E-state index in [1.54, 1.807) is 0 Å². The molecule has 4 aliphatic carbocycles. The van der Waals surface area contributed by atoms with E-state index in [0.717, 1.165) is 29.6 Å². The van der Waals surface area contributed by atoms with Gasteiger partial charge in [-0.15, -0.1) is 0 Å². The molecule has 1 nitrogen and oxygen atoms in total. The molecule has 164 valence electrons. The average molecular weight is 398 g/mol. The molecule has 4 aliphatic rings. The van der Waals surface area contributed by atoms with Crippen molar-refractivity contribution < 1.29 is 0 Å². The van der Waals surface area contributed by atoms with Crippen LogP contribution >= 0.6 is 0 Å². The number of fused-ring (bicyclic) bond motifs is 5. The van der Waals surface area contributed by atoms with Crippen molar-refractivity contribution in [3.05, 3.63) is 23.8 Å². The maximum atomic E-state index is 6.37. The molecule has 0 aromatic carbocycles. The van der Waals surface area contributed by atoms with Crippen LogP contribution in [0.2, 0.25) is 0 Å². The molecule has 9 atom stereocenters. The van der Waals surface area contributed by atoms with Gasteiger partial charge < -0.3 is 5.73 Å². The van der Waals surface area contributed by atoms with E-state index in [-0.39, 0.29) is 0 Å². The highest BCUT2D eigenvalue weighted by Crippen LogP contribution is 2.66. The van der Waals surface area contributed by atoms with Gasteiger partial charge in [-0.3, -0.25) is 0 Å². The Bertz CT molecular complexity index is 659. The third kappa shape index (κ3) is 3.58. The Kier molecular flexibility index (Phi) is 5.86. The number of rotatable bonds is 4. The van der Waals surface area contributed by atoms with E-state index in [0.29, 0.717) is 28.7 Å². The zero-order chi connectivity index (χ0) is 21.0. The van der Waals surface area contributed by atoms with Gasteiger partial charge in [0.05, 0.1) is 0 Å². The molecule has 3 fully saturated rings. The molecule has 0 bridgehead atoms. The number of nitrogens with two attached hydrogens (primary N) is 1. The molecule has 0 unspecified atom stereocenters. The molecular formula is C28H47N. The fourth-order valence-corrected chi connectivity index (χ4v) is 8.16. The molecule has 0 heterocycles. The first-order valence-corrected chi connectivity index (χ1v) is 12.8. The molecular weight excluding hydrogens is 350 g/mol. The standard InChI is InChI=1S/C28H47N/c1-18(2)19(3)7-8-20(4)24-11-12-25-23-10-9-21-17-22(29)13-15-27(21,5)26(23)14-16-28(24,25)6/h7-8,10,18-22,24-26H,9,11-17,29H2,1-6H3/b8-7+/t19-,20+,21-,22+,24+,25-,26-,27-,28+/m0/s1. The summed E-state index contributed by atoms with van der Waals surface area (Å²) in [7, 11) is 0. The van der Waals surface area contributed by atoms with Crippen LogP contribution in [0.4, 0.5) is 0 Å². The third-order valence-electron chi connectivity index (χ3n) is 10.6. The van der Waals surface area contributed by atoms with E-state index < -0.39 is 0 Å². The Labute approximate surface area is 181 Å². The van der Waals surface area contributed by atoms with Crippen molar-refractivity contribution in [1.29, 1.82) is 0 Å². The second-order valence-electron chi connectivity index (χ2n) is 12.4. The van der Waals surface area contributed by atoms with E-state index in [2.05, 4.69) is 59.8 Å².